The van der Waals surface area contributed by atoms with Gasteiger partial charge < -0.3 is 20.3 Å². The normalized spacial score (nSPS) is 17.6. The lowest BCUT2D eigenvalue weighted by Gasteiger charge is -2.32. The van der Waals surface area contributed by atoms with Crippen LogP contribution in [-0.2, 0) is 6.42 Å². The Labute approximate surface area is 116 Å². The van der Waals surface area contributed by atoms with Crippen molar-refractivity contribution in [2.24, 2.45) is 0 Å². The van der Waals surface area contributed by atoms with Crippen molar-refractivity contribution in [2.45, 2.75) is 13.3 Å². The van der Waals surface area contributed by atoms with Gasteiger partial charge in [0.05, 0.1) is 12.8 Å². The molecule has 0 amide bonds. The van der Waals surface area contributed by atoms with E-state index in [1.807, 2.05) is 6.07 Å². The molecule has 0 radical (unpaired) electrons. The second kappa shape index (κ2) is 6.26. The Bertz CT molecular complexity index is 426. The molecule has 1 saturated heterocycles. The maximum atomic E-state index is 5.91. The van der Waals surface area contributed by atoms with Crippen molar-refractivity contribution in [3.8, 4) is 5.75 Å². The fourth-order valence-electron chi connectivity index (χ4n) is 2.55. The van der Waals surface area contributed by atoms with E-state index in [1.54, 1.807) is 7.11 Å². The Kier molecular flexibility index (Phi) is 4.66. The van der Waals surface area contributed by atoms with Crippen LogP contribution in [0.5, 0.6) is 5.75 Å². The van der Waals surface area contributed by atoms with Crippen LogP contribution in [0.3, 0.4) is 0 Å². The summed E-state index contributed by atoms with van der Waals surface area (Å²) in [5.41, 5.74) is 9.23. The SMILES string of the molecule is COc1cc(CCN2CCN(C)CC2)c(C)cc1N. The first-order valence-corrected chi connectivity index (χ1v) is 6.94. The van der Waals surface area contributed by atoms with Gasteiger partial charge in [0.1, 0.15) is 5.75 Å². The number of hydrogen-bond acceptors (Lipinski definition) is 4. The molecule has 1 fully saturated rings. The molecular formula is C15H25N3O. The number of aryl methyl sites for hydroxylation is 1. The fraction of sp³-hybridized carbons (Fsp3) is 0.600. The molecule has 1 aromatic rings. The highest BCUT2D eigenvalue weighted by Gasteiger charge is 2.14. The molecule has 0 bridgehead atoms. The molecule has 1 aliphatic heterocycles. The molecule has 0 aliphatic carbocycles. The first-order chi connectivity index (χ1) is 9.10. The van der Waals surface area contributed by atoms with Crippen LogP contribution < -0.4 is 10.5 Å². The first-order valence-electron chi connectivity index (χ1n) is 6.94. The Morgan fingerprint density at radius 2 is 1.89 bits per heavy atom. The number of nitrogen functional groups attached to an aromatic ring is 1. The molecule has 106 valence electrons. The van der Waals surface area contributed by atoms with E-state index in [4.69, 9.17) is 10.5 Å². The lowest BCUT2D eigenvalue weighted by Crippen LogP contribution is -2.45. The van der Waals surface area contributed by atoms with Crippen molar-refractivity contribution < 1.29 is 4.74 Å². The number of hydrogen-bond donors (Lipinski definition) is 1. The molecule has 1 heterocycles. The molecule has 0 unspecified atom stereocenters. The topological polar surface area (TPSA) is 41.7 Å². The molecule has 19 heavy (non-hydrogen) atoms. The average molecular weight is 263 g/mol. The minimum Gasteiger partial charge on any atom is -0.495 e. The van der Waals surface area contributed by atoms with E-state index in [2.05, 4.69) is 29.8 Å². The standard InChI is InChI=1S/C15H25N3O/c1-12-10-14(16)15(19-3)11-13(12)4-5-18-8-6-17(2)7-9-18/h10-11H,4-9,16H2,1-3H3. The predicted octanol–water partition coefficient (Wildman–Crippen LogP) is 1.38. The van der Waals surface area contributed by atoms with Crippen LogP contribution in [-0.4, -0.2) is 56.7 Å². The minimum atomic E-state index is 0.725. The van der Waals surface area contributed by atoms with Crippen LogP contribution in [0.25, 0.3) is 0 Å². The van der Waals surface area contributed by atoms with Crippen molar-refractivity contribution in [2.75, 3.05) is 52.6 Å². The smallest absolute Gasteiger partial charge is 0.142 e. The number of piperazine rings is 1. The third kappa shape index (κ3) is 3.61. The van der Waals surface area contributed by atoms with E-state index in [9.17, 15) is 0 Å². The van der Waals surface area contributed by atoms with Crippen LogP contribution in [0, 0.1) is 6.92 Å². The summed E-state index contributed by atoms with van der Waals surface area (Å²) >= 11 is 0. The monoisotopic (exact) mass is 263 g/mol. The van der Waals surface area contributed by atoms with Crippen LogP contribution in [0.15, 0.2) is 12.1 Å². The van der Waals surface area contributed by atoms with Crippen molar-refractivity contribution in [3.05, 3.63) is 23.3 Å². The summed E-state index contributed by atoms with van der Waals surface area (Å²) in [6.07, 6.45) is 1.06. The molecule has 4 heteroatoms. The number of nitrogens with two attached hydrogens (primary N) is 1. The molecule has 4 nitrogen and oxygen atoms in total. The average Bonchev–Trinajstić information content (AvgIpc) is 2.40. The van der Waals surface area contributed by atoms with Crippen molar-refractivity contribution in [1.29, 1.82) is 0 Å². The number of methoxy groups -OCH3 is 1. The summed E-state index contributed by atoms with van der Waals surface area (Å²) in [6, 6.07) is 4.10. The molecule has 0 spiro atoms. The van der Waals surface area contributed by atoms with Crippen LogP contribution in [0.2, 0.25) is 0 Å². The third-order valence-electron chi connectivity index (χ3n) is 3.98. The van der Waals surface area contributed by atoms with Gasteiger partial charge in [0.2, 0.25) is 0 Å². The Hall–Kier alpha value is -1.26. The number of anilines is 1. The van der Waals surface area contributed by atoms with Crippen LogP contribution in [0.1, 0.15) is 11.1 Å². The highest BCUT2D eigenvalue weighted by molar-refractivity contribution is 5.56. The Morgan fingerprint density at radius 1 is 1.21 bits per heavy atom. The predicted molar refractivity (Wildman–Crippen MR) is 79.8 cm³/mol. The fourth-order valence-corrected chi connectivity index (χ4v) is 2.55. The molecule has 0 saturated carbocycles. The maximum Gasteiger partial charge on any atom is 0.142 e. The second-order valence-corrected chi connectivity index (χ2v) is 5.42. The highest BCUT2D eigenvalue weighted by atomic mass is 16.5. The van der Waals surface area contributed by atoms with E-state index in [0.717, 1.165) is 24.4 Å². The van der Waals surface area contributed by atoms with Crippen molar-refractivity contribution in [1.82, 2.24) is 9.80 Å². The van der Waals surface area contributed by atoms with E-state index in [1.165, 1.54) is 37.3 Å². The maximum absolute atomic E-state index is 5.91. The molecule has 2 N–H and O–H groups in total. The molecule has 0 aromatic heterocycles. The zero-order valence-corrected chi connectivity index (χ0v) is 12.3. The van der Waals surface area contributed by atoms with Gasteiger partial charge in [-0.05, 0) is 43.7 Å². The van der Waals surface area contributed by atoms with Crippen LogP contribution in [0.4, 0.5) is 5.69 Å². The first kappa shape index (κ1) is 14.2. The zero-order chi connectivity index (χ0) is 13.8. The zero-order valence-electron chi connectivity index (χ0n) is 12.3. The van der Waals surface area contributed by atoms with E-state index < -0.39 is 0 Å². The van der Waals surface area contributed by atoms with Gasteiger partial charge in [-0.3, -0.25) is 0 Å². The lowest BCUT2D eigenvalue weighted by atomic mass is 10.0. The molecule has 1 aliphatic rings. The van der Waals surface area contributed by atoms with Gasteiger partial charge in [-0.15, -0.1) is 0 Å². The highest BCUT2D eigenvalue weighted by Crippen LogP contribution is 2.25. The number of benzene rings is 1. The number of ether oxygens (including phenoxy) is 1. The quantitative estimate of drug-likeness (QED) is 0.833. The minimum absolute atomic E-state index is 0.725. The van der Waals surface area contributed by atoms with Gasteiger partial charge in [-0.25, -0.2) is 0 Å². The van der Waals surface area contributed by atoms with Gasteiger partial charge in [0.25, 0.3) is 0 Å². The summed E-state index contributed by atoms with van der Waals surface area (Å²) in [5.74, 6) is 0.791. The molecule has 2 rings (SSSR count). The second-order valence-electron chi connectivity index (χ2n) is 5.42. The lowest BCUT2D eigenvalue weighted by molar-refractivity contribution is 0.155. The van der Waals surface area contributed by atoms with Crippen molar-refractivity contribution in [3.63, 3.8) is 0 Å². The van der Waals surface area contributed by atoms with Gasteiger partial charge in [0.15, 0.2) is 0 Å². The largest absolute Gasteiger partial charge is 0.495 e. The summed E-state index contributed by atoms with van der Waals surface area (Å²) < 4.78 is 5.30. The summed E-state index contributed by atoms with van der Waals surface area (Å²) in [5, 5.41) is 0. The van der Waals surface area contributed by atoms with E-state index in [0.29, 0.717) is 0 Å². The third-order valence-corrected chi connectivity index (χ3v) is 3.98. The van der Waals surface area contributed by atoms with Gasteiger partial charge >= 0.3 is 0 Å². The summed E-state index contributed by atoms with van der Waals surface area (Å²) in [4.78, 5) is 4.91. The van der Waals surface area contributed by atoms with Gasteiger partial charge in [0, 0.05) is 32.7 Å². The summed E-state index contributed by atoms with van der Waals surface area (Å²) in [6.45, 7) is 7.91. The Morgan fingerprint density at radius 3 is 2.53 bits per heavy atom. The van der Waals surface area contributed by atoms with Crippen molar-refractivity contribution >= 4 is 5.69 Å². The number of rotatable bonds is 4. The number of nitrogens with zero attached hydrogens (tertiary/aromatic N) is 2. The van der Waals surface area contributed by atoms with E-state index >= 15 is 0 Å². The Balaban J connectivity index is 1.95. The van der Waals surface area contributed by atoms with Gasteiger partial charge in [-0.2, -0.15) is 0 Å². The molecular weight excluding hydrogens is 238 g/mol. The molecule has 0 atom stereocenters. The van der Waals surface area contributed by atoms with Crippen LogP contribution >= 0.6 is 0 Å². The van der Waals surface area contributed by atoms with Gasteiger partial charge in [-0.1, -0.05) is 0 Å². The molecule has 1 aromatic carbocycles. The summed E-state index contributed by atoms with van der Waals surface area (Å²) in [7, 11) is 3.86. The van der Waals surface area contributed by atoms with E-state index in [-0.39, 0.29) is 0 Å². The number of likely N-dealkylation sites (N-methyl/N-ethyl adjacent to an activating group) is 1.